The topological polar surface area (TPSA) is 56.7 Å². The fraction of sp³-hybridized carbons (Fsp3) is 0.455. The molecule has 2 heterocycles. The number of aromatic nitrogens is 1. The van der Waals surface area contributed by atoms with Crippen LogP contribution in [-0.4, -0.2) is 46.8 Å². The lowest BCUT2D eigenvalue weighted by Crippen LogP contribution is -2.53. The molecule has 1 saturated heterocycles. The molecule has 92 valence electrons. The Bertz CT molecular complexity index is 410. The molecule has 0 radical (unpaired) electrons. The summed E-state index contributed by atoms with van der Waals surface area (Å²) >= 11 is 3.35. The van der Waals surface area contributed by atoms with Gasteiger partial charge >= 0.3 is 6.09 Å². The molecule has 5 nitrogen and oxygen atoms in total. The summed E-state index contributed by atoms with van der Waals surface area (Å²) in [6, 6.07) is 4.03. The van der Waals surface area contributed by atoms with Gasteiger partial charge in [0.25, 0.3) is 0 Å². The van der Waals surface area contributed by atoms with E-state index < -0.39 is 6.09 Å². The molecule has 1 aliphatic rings. The molecular formula is C11H14BrN3O2. The summed E-state index contributed by atoms with van der Waals surface area (Å²) in [5.41, 5.74) is 0. The number of hydrogen-bond donors (Lipinski definition) is 1. The molecule has 0 spiro atoms. The van der Waals surface area contributed by atoms with Crippen LogP contribution in [0.2, 0.25) is 0 Å². The molecular weight excluding hydrogens is 286 g/mol. The molecule has 1 aromatic heterocycles. The Labute approximate surface area is 108 Å². The van der Waals surface area contributed by atoms with E-state index in [-0.39, 0.29) is 6.04 Å². The van der Waals surface area contributed by atoms with Gasteiger partial charge < -0.3 is 14.9 Å². The van der Waals surface area contributed by atoms with Crippen LogP contribution in [0.1, 0.15) is 6.92 Å². The number of hydrogen-bond acceptors (Lipinski definition) is 3. The summed E-state index contributed by atoms with van der Waals surface area (Å²) in [6.45, 7) is 3.74. The van der Waals surface area contributed by atoms with E-state index in [4.69, 9.17) is 5.11 Å². The third-order valence-corrected chi connectivity index (χ3v) is 3.37. The number of nitrogens with zero attached hydrogens (tertiary/aromatic N) is 3. The van der Waals surface area contributed by atoms with Gasteiger partial charge in [-0.1, -0.05) is 0 Å². The maximum atomic E-state index is 10.9. The minimum absolute atomic E-state index is 0.147. The summed E-state index contributed by atoms with van der Waals surface area (Å²) in [4.78, 5) is 18.8. The monoisotopic (exact) mass is 299 g/mol. The van der Waals surface area contributed by atoms with Crippen molar-refractivity contribution in [3.8, 4) is 0 Å². The maximum Gasteiger partial charge on any atom is 0.407 e. The van der Waals surface area contributed by atoms with Gasteiger partial charge in [-0.3, -0.25) is 0 Å². The third kappa shape index (κ3) is 2.69. The van der Waals surface area contributed by atoms with E-state index >= 15 is 0 Å². The fourth-order valence-electron chi connectivity index (χ4n) is 2.01. The molecule has 17 heavy (non-hydrogen) atoms. The van der Waals surface area contributed by atoms with Crippen LogP contribution in [0.5, 0.6) is 0 Å². The van der Waals surface area contributed by atoms with Crippen molar-refractivity contribution in [2.45, 2.75) is 13.0 Å². The SMILES string of the molecule is C[C@H]1CN(C(=O)O)CCN1c1ccc(Br)cn1. The Kier molecular flexibility index (Phi) is 3.51. The van der Waals surface area contributed by atoms with Crippen LogP contribution in [0.3, 0.4) is 0 Å². The lowest BCUT2D eigenvalue weighted by molar-refractivity contribution is 0.136. The van der Waals surface area contributed by atoms with Crippen molar-refractivity contribution >= 4 is 27.8 Å². The molecule has 2 rings (SSSR count). The highest BCUT2D eigenvalue weighted by molar-refractivity contribution is 9.10. The summed E-state index contributed by atoms with van der Waals surface area (Å²) in [5.74, 6) is 0.894. The molecule has 6 heteroatoms. The maximum absolute atomic E-state index is 10.9. The van der Waals surface area contributed by atoms with Gasteiger partial charge in [0.2, 0.25) is 0 Å². The van der Waals surface area contributed by atoms with Crippen LogP contribution in [0.25, 0.3) is 0 Å². The Hall–Kier alpha value is -1.30. The van der Waals surface area contributed by atoms with Crippen molar-refractivity contribution in [3.05, 3.63) is 22.8 Å². The predicted molar refractivity (Wildman–Crippen MR) is 68.3 cm³/mol. The molecule has 1 amide bonds. The van der Waals surface area contributed by atoms with E-state index in [0.29, 0.717) is 19.6 Å². The number of halogens is 1. The molecule has 1 atom stereocenters. The quantitative estimate of drug-likeness (QED) is 0.862. The zero-order valence-electron chi connectivity index (χ0n) is 9.51. The Balaban J connectivity index is 2.09. The average Bonchev–Trinajstić information content (AvgIpc) is 2.30. The molecule has 0 aromatic carbocycles. The summed E-state index contributed by atoms with van der Waals surface area (Å²) in [5, 5.41) is 8.93. The second kappa shape index (κ2) is 4.91. The van der Waals surface area contributed by atoms with Gasteiger partial charge in [-0.05, 0) is 35.0 Å². The van der Waals surface area contributed by atoms with Crippen LogP contribution in [0.15, 0.2) is 22.8 Å². The van der Waals surface area contributed by atoms with Crippen molar-refractivity contribution in [1.82, 2.24) is 9.88 Å². The van der Waals surface area contributed by atoms with Crippen LogP contribution in [-0.2, 0) is 0 Å². The molecule has 1 aliphatic heterocycles. The van der Waals surface area contributed by atoms with E-state index in [0.717, 1.165) is 10.3 Å². The average molecular weight is 300 g/mol. The molecule has 1 fully saturated rings. The summed E-state index contributed by atoms with van der Waals surface area (Å²) < 4.78 is 0.943. The number of anilines is 1. The molecule has 0 bridgehead atoms. The zero-order chi connectivity index (χ0) is 12.4. The van der Waals surface area contributed by atoms with Crippen LogP contribution >= 0.6 is 15.9 Å². The number of pyridine rings is 1. The number of amides is 1. The normalized spacial score (nSPS) is 20.5. The molecule has 1 aromatic rings. The van der Waals surface area contributed by atoms with Crippen molar-refractivity contribution in [2.75, 3.05) is 24.5 Å². The molecule has 1 N–H and O–H groups in total. The van der Waals surface area contributed by atoms with Crippen molar-refractivity contribution in [3.63, 3.8) is 0 Å². The van der Waals surface area contributed by atoms with Gasteiger partial charge in [-0.25, -0.2) is 9.78 Å². The summed E-state index contributed by atoms with van der Waals surface area (Å²) in [7, 11) is 0. The lowest BCUT2D eigenvalue weighted by Gasteiger charge is -2.39. The highest BCUT2D eigenvalue weighted by Gasteiger charge is 2.26. The largest absolute Gasteiger partial charge is 0.465 e. The van der Waals surface area contributed by atoms with E-state index in [1.165, 1.54) is 4.90 Å². The van der Waals surface area contributed by atoms with Crippen molar-refractivity contribution < 1.29 is 9.90 Å². The first-order chi connectivity index (χ1) is 8.08. The number of piperazine rings is 1. The minimum atomic E-state index is -0.847. The van der Waals surface area contributed by atoms with Crippen LogP contribution in [0, 0.1) is 0 Å². The highest BCUT2D eigenvalue weighted by Crippen LogP contribution is 2.20. The van der Waals surface area contributed by atoms with E-state index in [1.54, 1.807) is 6.20 Å². The Morgan fingerprint density at radius 2 is 2.29 bits per heavy atom. The highest BCUT2D eigenvalue weighted by atomic mass is 79.9. The summed E-state index contributed by atoms with van der Waals surface area (Å²) in [6.07, 6.45) is 0.909. The van der Waals surface area contributed by atoms with Gasteiger partial charge in [0.1, 0.15) is 5.82 Å². The first-order valence-corrected chi connectivity index (χ1v) is 6.23. The molecule has 0 unspecified atom stereocenters. The molecule has 0 saturated carbocycles. The number of carbonyl (C=O) groups is 1. The lowest BCUT2D eigenvalue weighted by atomic mass is 10.2. The van der Waals surface area contributed by atoms with E-state index in [1.807, 2.05) is 19.1 Å². The minimum Gasteiger partial charge on any atom is -0.465 e. The van der Waals surface area contributed by atoms with Gasteiger partial charge in [0.05, 0.1) is 0 Å². The smallest absolute Gasteiger partial charge is 0.407 e. The van der Waals surface area contributed by atoms with Crippen molar-refractivity contribution in [1.29, 1.82) is 0 Å². The third-order valence-electron chi connectivity index (χ3n) is 2.90. The van der Waals surface area contributed by atoms with E-state index in [9.17, 15) is 4.79 Å². The van der Waals surface area contributed by atoms with E-state index in [2.05, 4.69) is 25.8 Å². The predicted octanol–water partition coefficient (Wildman–Crippen LogP) is 2.03. The Morgan fingerprint density at radius 3 is 2.82 bits per heavy atom. The Morgan fingerprint density at radius 1 is 1.53 bits per heavy atom. The first kappa shape index (κ1) is 12.2. The molecule has 0 aliphatic carbocycles. The fourth-order valence-corrected chi connectivity index (χ4v) is 2.24. The zero-order valence-corrected chi connectivity index (χ0v) is 11.1. The second-order valence-electron chi connectivity index (χ2n) is 4.11. The number of rotatable bonds is 1. The van der Waals surface area contributed by atoms with Gasteiger partial charge in [0, 0.05) is 36.3 Å². The van der Waals surface area contributed by atoms with Gasteiger partial charge in [0.15, 0.2) is 0 Å². The second-order valence-corrected chi connectivity index (χ2v) is 5.02. The first-order valence-electron chi connectivity index (χ1n) is 5.44. The van der Waals surface area contributed by atoms with Crippen LogP contribution < -0.4 is 4.90 Å². The van der Waals surface area contributed by atoms with Crippen molar-refractivity contribution in [2.24, 2.45) is 0 Å². The van der Waals surface area contributed by atoms with Gasteiger partial charge in [-0.2, -0.15) is 0 Å². The van der Waals surface area contributed by atoms with Crippen LogP contribution in [0.4, 0.5) is 10.6 Å². The standard InChI is InChI=1S/C11H14BrN3O2/c1-8-7-14(11(16)17)4-5-15(8)10-3-2-9(12)6-13-10/h2-3,6,8H,4-5,7H2,1H3,(H,16,17)/t8-/m0/s1. The number of carboxylic acid groups (broad SMARTS) is 1. The van der Waals surface area contributed by atoms with Gasteiger partial charge in [-0.15, -0.1) is 0 Å².